The molecule has 0 unspecified atom stereocenters. The SMILES string of the molecule is Cc1nc(-c2ccccc2O)n(CCc2ccccc2)c(=O)c1C(C)(C)C. The third-order valence-corrected chi connectivity index (χ3v) is 4.71. The molecule has 0 saturated carbocycles. The third-order valence-electron chi connectivity index (χ3n) is 4.71. The molecule has 0 aliphatic rings. The predicted octanol–water partition coefficient (Wildman–Crippen LogP) is 4.46. The number of benzene rings is 2. The Morgan fingerprint density at radius 3 is 2.26 bits per heavy atom. The second-order valence-electron chi connectivity index (χ2n) is 7.86. The Hall–Kier alpha value is -2.88. The molecule has 3 rings (SSSR count). The minimum atomic E-state index is -0.306. The Morgan fingerprint density at radius 2 is 1.63 bits per heavy atom. The zero-order valence-electron chi connectivity index (χ0n) is 16.4. The van der Waals surface area contributed by atoms with Crippen molar-refractivity contribution in [2.24, 2.45) is 0 Å². The van der Waals surface area contributed by atoms with E-state index in [1.807, 2.05) is 52.0 Å². The van der Waals surface area contributed by atoms with Crippen molar-refractivity contribution in [2.45, 2.75) is 46.1 Å². The number of aromatic hydroxyl groups is 1. The molecule has 0 aliphatic carbocycles. The van der Waals surface area contributed by atoms with Crippen molar-refractivity contribution in [3.05, 3.63) is 81.8 Å². The van der Waals surface area contributed by atoms with E-state index in [1.165, 1.54) is 0 Å². The van der Waals surface area contributed by atoms with Crippen molar-refractivity contribution < 1.29 is 5.11 Å². The zero-order chi connectivity index (χ0) is 19.6. The molecule has 140 valence electrons. The van der Waals surface area contributed by atoms with Crippen LogP contribution in [0.15, 0.2) is 59.4 Å². The highest BCUT2D eigenvalue weighted by molar-refractivity contribution is 5.64. The minimum Gasteiger partial charge on any atom is -0.507 e. The topological polar surface area (TPSA) is 55.1 Å². The standard InChI is InChI=1S/C23H26N2O2/c1-16-20(23(2,3)4)22(27)25(15-14-17-10-6-5-7-11-17)21(24-16)18-12-8-9-13-19(18)26/h5-13,26H,14-15H2,1-4H3. The summed E-state index contributed by atoms with van der Waals surface area (Å²) in [6.45, 7) is 8.45. The van der Waals surface area contributed by atoms with Crippen LogP contribution in [0, 0.1) is 6.92 Å². The summed E-state index contributed by atoms with van der Waals surface area (Å²) in [6, 6.07) is 17.1. The van der Waals surface area contributed by atoms with Crippen LogP contribution in [0.2, 0.25) is 0 Å². The normalized spacial score (nSPS) is 11.6. The van der Waals surface area contributed by atoms with Gasteiger partial charge in [-0.3, -0.25) is 9.36 Å². The number of para-hydroxylation sites is 1. The minimum absolute atomic E-state index is 0.0378. The first-order valence-corrected chi connectivity index (χ1v) is 9.23. The fourth-order valence-corrected chi connectivity index (χ4v) is 3.49. The van der Waals surface area contributed by atoms with E-state index in [2.05, 4.69) is 12.1 Å². The van der Waals surface area contributed by atoms with E-state index in [0.717, 1.165) is 17.5 Å². The van der Waals surface area contributed by atoms with Gasteiger partial charge in [-0.25, -0.2) is 4.98 Å². The molecule has 0 aliphatic heterocycles. The first kappa shape index (κ1) is 18.9. The monoisotopic (exact) mass is 362 g/mol. The Labute approximate surface area is 160 Å². The van der Waals surface area contributed by atoms with Crippen molar-refractivity contribution in [1.82, 2.24) is 9.55 Å². The predicted molar refractivity (Wildman–Crippen MR) is 109 cm³/mol. The number of aromatic nitrogens is 2. The van der Waals surface area contributed by atoms with Gasteiger partial charge in [0.2, 0.25) is 0 Å². The van der Waals surface area contributed by atoms with E-state index < -0.39 is 0 Å². The molecule has 27 heavy (non-hydrogen) atoms. The number of nitrogens with zero attached hydrogens (tertiary/aromatic N) is 2. The average Bonchev–Trinajstić information content (AvgIpc) is 2.61. The van der Waals surface area contributed by atoms with Crippen LogP contribution in [-0.4, -0.2) is 14.7 Å². The van der Waals surface area contributed by atoms with E-state index in [4.69, 9.17) is 4.98 Å². The molecule has 0 fully saturated rings. The van der Waals surface area contributed by atoms with Gasteiger partial charge in [0.15, 0.2) is 0 Å². The lowest BCUT2D eigenvalue weighted by molar-refractivity contribution is 0.475. The second kappa shape index (κ2) is 7.39. The van der Waals surface area contributed by atoms with Crippen LogP contribution >= 0.6 is 0 Å². The second-order valence-corrected chi connectivity index (χ2v) is 7.86. The van der Waals surface area contributed by atoms with Crippen molar-refractivity contribution in [3.63, 3.8) is 0 Å². The molecule has 1 N–H and O–H groups in total. The molecule has 4 nitrogen and oxygen atoms in total. The lowest BCUT2D eigenvalue weighted by Gasteiger charge is -2.23. The molecule has 0 amide bonds. The zero-order valence-corrected chi connectivity index (χ0v) is 16.4. The maximum absolute atomic E-state index is 13.4. The smallest absolute Gasteiger partial charge is 0.257 e. The molecule has 2 aromatic carbocycles. The van der Waals surface area contributed by atoms with Crippen molar-refractivity contribution >= 4 is 0 Å². The molecule has 0 spiro atoms. The summed E-state index contributed by atoms with van der Waals surface area (Å²) >= 11 is 0. The van der Waals surface area contributed by atoms with Crippen LogP contribution in [0.1, 0.15) is 37.6 Å². The van der Waals surface area contributed by atoms with Crippen molar-refractivity contribution in [1.29, 1.82) is 0 Å². The highest BCUT2D eigenvalue weighted by Gasteiger charge is 2.25. The lowest BCUT2D eigenvalue weighted by atomic mass is 9.86. The highest BCUT2D eigenvalue weighted by Crippen LogP contribution is 2.29. The summed E-state index contributed by atoms with van der Waals surface area (Å²) in [5, 5.41) is 10.3. The quantitative estimate of drug-likeness (QED) is 0.745. The fraction of sp³-hybridized carbons (Fsp3) is 0.304. The molecular weight excluding hydrogens is 336 g/mol. The van der Waals surface area contributed by atoms with Crippen molar-refractivity contribution in [3.8, 4) is 17.1 Å². The lowest BCUT2D eigenvalue weighted by Crippen LogP contribution is -2.34. The van der Waals surface area contributed by atoms with Crippen LogP contribution < -0.4 is 5.56 Å². The largest absolute Gasteiger partial charge is 0.507 e. The molecule has 4 heteroatoms. The van der Waals surface area contributed by atoms with Gasteiger partial charge in [-0.15, -0.1) is 0 Å². The van der Waals surface area contributed by atoms with E-state index in [0.29, 0.717) is 23.6 Å². The molecule has 0 saturated heterocycles. The molecule has 1 heterocycles. The van der Waals surface area contributed by atoms with Crippen molar-refractivity contribution in [2.75, 3.05) is 0 Å². The average molecular weight is 362 g/mol. The summed E-state index contributed by atoms with van der Waals surface area (Å²) < 4.78 is 1.70. The number of aryl methyl sites for hydroxylation is 2. The van der Waals surface area contributed by atoms with Gasteiger partial charge in [0, 0.05) is 17.8 Å². The Balaban J connectivity index is 2.17. The van der Waals surface area contributed by atoms with Crippen LogP contribution in [-0.2, 0) is 18.4 Å². The van der Waals surface area contributed by atoms with E-state index >= 15 is 0 Å². The van der Waals surface area contributed by atoms with Gasteiger partial charge in [-0.1, -0.05) is 63.2 Å². The summed E-state index contributed by atoms with van der Waals surface area (Å²) in [6.07, 6.45) is 0.718. The van der Waals surface area contributed by atoms with Gasteiger partial charge in [0.25, 0.3) is 5.56 Å². The van der Waals surface area contributed by atoms with E-state index in [-0.39, 0.29) is 16.7 Å². The number of hydrogen-bond donors (Lipinski definition) is 1. The molecule has 1 aromatic heterocycles. The fourth-order valence-electron chi connectivity index (χ4n) is 3.49. The Kier molecular flexibility index (Phi) is 5.17. The van der Waals surface area contributed by atoms with Gasteiger partial charge < -0.3 is 5.11 Å². The number of phenols is 1. The summed E-state index contributed by atoms with van der Waals surface area (Å²) in [5.41, 5.74) is 2.82. The van der Waals surface area contributed by atoms with Crippen LogP contribution in [0.25, 0.3) is 11.4 Å². The van der Waals surface area contributed by atoms with Gasteiger partial charge in [0.05, 0.1) is 5.56 Å². The van der Waals surface area contributed by atoms with Gasteiger partial charge >= 0.3 is 0 Å². The van der Waals surface area contributed by atoms with Crippen LogP contribution in [0.3, 0.4) is 0 Å². The summed E-state index contributed by atoms with van der Waals surface area (Å²) in [5.74, 6) is 0.639. The van der Waals surface area contributed by atoms with Crippen LogP contribution in [0.4, 0.5) is 0 Å². The van der Waals surface area contributed by atoms with E-state index in [9.17, 15) is 9.90 Å². The van der Waals surface area contributed by atoms with Crippen LogP contribution in [0.5, 0.6) is 5.75 Å². The molecule has 0 radical (unpaired) electrons. The molecule has 0 atom stereocenters. The van der Waals surface area contributed by atoms with Gasteiger partial charge in [-0.2, -0.15) is 0 Å². The maximum atomic E-state index is 13.4. The first-order valence-electron chi connectivity index (χ1n) is 9.23. The highest BCUT2D eigenvalue weighted by atomic mass is 16.3. The van der Waals surface area contributed by atoms with Gasteiger partial charge in [-0.05, 0) is 36.5 Å². The van der Waals surface area contributed by atoms with E-state index in [1.54, 1.807) is 22.8 Å². The summed E-state index contributed by atoms with van der Waals surface area (Å²) in [4.78, 5) is 18.2. The Morgan fingerprint density at radius 1 is 1.00 bits per heavy atom. The van der Waals surface area contributed by atoms with Gasteiger partial charge in [0.1, 0.15) is 11.6 Å². The summed E-state index contributed by atoms with van der Waals surface area (Å²) in [7, 11) is 0. The number of phenolic OH excluding ortho intramolecular Hbond substituents is 1. The molecular formula is C23H26N2O2. The third kappa shape index (κ3) is 3.95. The Bertz CT molecular complexity index is 999. The molecule has 0 bridgehead atoms. The molecule has 3 aromatic rings. The maximum Gasteiger partial charge on any atom is 0.257 e. The number of rotatable bonds is 4. The first-order chi connectivity index (χ1) is 12.8. The number of hydrogen-bond acceptors (Lipinski definition) is 3.